The van der Waals surface area contributed by atoms with Gasteiger partial charge >= 0.3 is 0 Å². The molecule has 0 unspecified atom stereocenters. The average Bonchev–Trinajstić information content (AvgIpc) is 3.20. The van der Waals surface area contributed by atoms with E-state index in [9.17, 15) is 5.11 Å². The average molecular weight is 309 g/mol. The lowest BCUT2D eigenvalue weighted by atomic mass is 10.2. The normalized spacial score (nSPS) is 14.6. The predicted octanol–water partition coefficient (Wildman–Crippen LogP) is 3.80. The molecule has 1 N–H and O–H groups in total. The molecule has 0 saturated heterocycles. The molecule has 1 aromatic heterocycles. The Hall–Kier alpha value is -1.10. The van der Waals surface area contributed by atoms with Crippen LogP contribution in [0.25, 0.3) is 0 Å². The molecule has 3 rings (SSSR count). The standard InChI is InChI=1S/C15H17ClN2OS/c1-18(8-11-4-2-3-5-12(11)16)15-17-14(10-6-7-10)13(9-19)20-15/h2-5,10,19H,6-9H2,1H3. The van der Waals surface area contributed by atoms with E-state index in [1.54, 1.807) is 11.3 Å². The number of benzene rings is 1. The molecule has 5 heteroatoms. The Balaban J connectivity index is 1.80. The molecule has 1 aliphatic rings. The fraction of sp³-hybridized carbons (Fsp3) is 0.400. The van der Waals surface area contributed by atoms with Gasteiger partial charge in [0.2, 0.25) is 0 Å². The van der Waals surface area contributed by atoms with E-state index in [2.05, 4.69) is 4.90 Å². The van der Waals surface area contributed by atoms with Crippen molar-refractivity contribution < 1.29 is 5.11 Å². The molecule has 20 heavy (non-hydrogen) atoms. The van der Waals surface area contributed by atoms with Gasteiger partial charge in [-0.15, -0.1) is 0 Å². The molecule has 1 saturated carbocycles. The zero-order valence-corrected chi connectivity index (χ0v) is 12.9. The van der Waals surface area contributed by atoms with Crippen molar-refractivity contribution in [1.82, 2.24) is 4.98 Å². The first-order valence-corrected chi connectivity index (χ1v) is 7.93. The fourth-order valence-corrected chi connectivity index (χ4v) is 3.41. The molecule has 1 aliphatic carbocycles. The number of hydrogen-bond donors (Lipinski definition) is 1. The van der Waals surface area contributed by atoms with E-state index in [0.29, 0.717) is 5.92 Å². The van der Waals surface area contributed by atoms with E-state index >= 15 is 0 Å². The first-order chi connectivity index (χ1) is 9.69. The lowest BCUT2D eigenvalue weighted by Crippen LogP contribution is -2.16. The van der Waals surface area contributed by atoms with Gasteiger partial charge in [-0.2, -0.15) is 0 Å². The summed E-state index contributed by atoms with van der Waals surface area (Å²) in [7, 11) is 2.01. The summed E-state index contributed by atoms with van der Waals surface area (Å²) in [5.41, 5.74) is 2.18. The highest BCUT2D eigenvalue weighted by atomic mass is 35.5. The molecule has 0 radical (unpaired) electrons. The first-order valence-electron chi connectivity index (χ1n) is 6.74. The molecule has 2 aromatic rings. The summed E-state index contributed by atoms with van der Waals surface area (Å²) in [6.45, 7) is 0.811. The SMILES string of the molecule is CN(Cc1ccccc1Cl)c1nc(C2CC2)c(CO)s1. The first kappa shape index (κ1) is 13.9. The molecule has 0 bridgehead atoms. The summed E-state index contributed by atoms with van der Waals surface area (Å²) >= 11 is 7.78. The van der Waals surface area contributed by atoms with E-state index in [4.69, 9.17) is 16.6 Å². The van der Waals surface area contributed by atoms with Gasteiger partial charge in [-0.05, 0) is 24.5 Å². The van der Waals surface area contributed by atoms with Crippen molar-refractivity contribution >= 4 is 28.1 Å². The van der Waals surface area contributed by atoms with Crippen LogP contribution in [0.5, 0.6) is 0 Å². The fourth-order valence-electron chi connectivity index (χ4n) is 2.25. The van der Waals surface area contributed by atoms with Gasteiger partial charge in [0, 0.05) is 24.5 Å². The van der Waals surface area contributed by atoms with Crippen molar-refractivity contribution in [2.45, 2.75) is 31.9 Å². The number of hydrogen-bond acceptors (Lipinski definition) is 4. The van der Waals surface area contributed by atoms with Crippen molar-refractivity contribution in [1.29, 1.82) is 0 Å². The van der Waals surface area contributed by atoms with Crippen LogP contribution in [0.15, 0.2) is 24.3 Å². The molecule has 1 heterocycles. The molecular weight excluding hydrogens is 292 g/mol. The summed E-state index contributed by atoms with van der Waals surface area (Å²) in [6.07, 6.45) is 2.40. The van der Waals surface area contributed by atoms with Crippen LogP contribution >= 0.6 is 22.9 Å². The molecule has 0 aliphatic heterocycles. The van der Waals surface area contributed by atoms with Gasteiger partial charge < -0.3 is 10.0 Å². The zero-order valence-electron chi connectivity index (χ0n) is 11.3. The molecule has 0 amide bonds. The summed E-state index contributed by atoms with van der Waals surface area (Å²) in [5, 5.41) is 11.2. The van der Waals surface area contributed by atoms with Gasteiger partial charge in [-0.1, -0.05) is 41.1 Å². The van der Waals surface area contributed by atoms with Crippen molar-refractivity contribution in [2.75, 3.05) is 11.9 Å². The van der Waals surface area contributed by atoms with Gasteiger partial charge in [0.1, 0.15) is 0 Å². The lowest BCUT2D eigenvalue weighted by molar-refractivity contribution is 0.284. The second-order valence-corrected chi connectivity index (χ2v) is 6.65. The Labute approximate surface area is 127 Å². The van der Waals surface area contributed by atoms with Gasteiger partial charge in [0.15, 0.2) is 5.13 Å². The van der Waals surface area contributed by atoms with E-state index in [-0.39, 0.29) is 6.61 Å². The smallest absolute Gasteiger partial charge is 0.185 e. The summed E-state index contributed by atoms with van der Waals surface area (Å²) in [4.78, 5) is 7.81. The summed E-state index contributed by atoms with van der Waals surface area (Å²) < 4.78 is 0. The summed E-state index contributed by atoms with van der Waals surface area (Å²) in [6, 6.07) is 7.86. The molecule has 0 atom stereocenters. The zero-order chi connectivity index (χ0) is 14.1. The molecule has 0 spiro atoms. The van der Waals surface area contributed by atoms with Gasteiger partial charge in [0.05, 0.1) is 17.2 Å². The number of halogens is 1. The second kappa shape index (κ2) is 5.72. The third-order valence-electron chi connectivity index (χ3n) is 3.52. The van der Waals surface area contributed by atoms with Gasteiger partial charge in [-0.25, -0.2) is 4.98 Å². The third kappa shape index (κ3) is 2.82. The molecule has 106 valence electrons. The quantitative estimate of drug-likeness (QED) is 0.912. The van der Waals surface area contributed by atoms with E-state index in [1.165, 1.54) is 12.8 Å². The van der Waals surface area contributed by atoms with Crippen LogP contribution in [0.1, 0.15) is 34.9 Å². The van der Waals surface area contributed by atoms with Crippen molar-refractivity contribution in [3.05, 3.63) is 45.4 Å². The number of aliphatic hydroxyl groups is 1. The predicted molar refractivity (Wildman–Crippen MR) is 83.6 cm³/mol. The highest BCUT2D eigenvalue weighted by molar-refractivity contribution is 7.15. The van der Waals surface area contributed by atoms with Crippen LogP contribution in [-0.4, -0.2) is 17.1 Å². The minimum atomic E-state index is 0.0867. The maximum Gasteiger partial charge on any atom is 0.185 e. The Kier molecular flexibility index (Phi) is 3.96. The minimum Gasteiger partial charge on any atom is -0.391 e. The monoisotopic (exact) mass is 308 g/mol. The largest absolute Gasteiger partial charge is 0.391 e. The van der Waals surface area contributed by atoms with Crippen molar-refractivity contribution in [2.24, 2.45) is 0 Å². The minimum absolute atomic E-state index is 0.0867. The highest BCUT2D eigenvalue weighted by Crippen LogP contribution is 2.44. The Morgan fingerprint density at radius 2 is 2.15 bits per heavy atom. The van der Waals surface area contributed by atoms with Crippen LogP contribution in [0.2, 0.25) is 5.02 Å². The maximum absolute atomic E-state index is 9.45. The molecule has 1 fully saturated rings. The van der Waals surface area contributed by atoms with Crippen LogP contribution in [-0.2, 0) is 13.2 Å². The highest BCUT2D eigenvalue weighted by Gasteiger charge is 2.30. The van der Waals surface area contributed by atoms with Crippen LogP contribution < -0.4 is 4.90 Å². The number of aromatic nitrogens is 1. The molecular formula is C15H17ClN2OS. The number of anilines is 1. The number of thiazole rings is 1. The van der Waals surface area contributed by atoms with Crippen LogP contribution in [0, 0.1) is 0 Å². The van der Waals surface area contributed by atoms with E-state index < -0.39 is 0 Å². The van der Waals surface area contributed by atoms with Crippen molar-refractivity contribution in [3.8, 4) is 0 Å². The third-order valence-corrected chi connectivity index (χ3v) is 5.05. The van der Waals surface area contributed by atoms with E-state index in [0.717, 1.165) is 32.8 Å². The van der Waals surface area contributed by atoms with Crippen LogP contribution in [0.3, 0.4) is 0 Å². The maximum atomic E-state index is 9.45. The lowest BCUT2D eigenvalue weighted by Gasteiger charge is -2.16. The number of aliphatic hydroxyl groups excluding tert-OH is 1. The van der Waals surface area contributed by atoms with Gasteiger partial charge in [0.25, 0.3) is 0 Å². The van der Waals surface area contributed by atoms with Crippen LogP contribution in [0.4, 0.5) is 5.13 Å². The molecule has 1 aromatic carbocycles. The Morgan fingerprint density at radius 3 is 2.80 bits per heavy atom. The topological polar surface area (TPSA) is 36.4 Å². The van der Waals surface area contributed by atoms with E-state index in [1.807, 2.05) is 31.3 Å². The van der Waals surface area contributed by atoms with Gasteiger partial charge in [-0.3, -0.25) is 0 Å². The summed E-state index contributed by atoms with van der Waals surface area (Å²) in [5.74, 6) is 0.566. The number of rotatable bonds is 5. The Morgan fingerprint density at radius 1 is 1.40 bits per heavy atom. The molecule has 3 nitrogen and oxygen atoms in total. The number of nitrogens with zero attached hydrogens (tertiary/aromatic N) is 2. The second-order valence-electron chi connectivity index (χ2n) is 5.18. The Bertz CT molecular complexity index is 610. The van der Waals surface area contributed by atoms with Crippen molar-refractivity contribution in [3.63, 3.8) is 0 Å².